The molecule has 0 spiro atoms. The van der Waals surface area contributed by atoms with Gasteiger partial charge in [0.25, 0.3) is 0 Å². The molecule has 0 saturated carbocycles. The number of hydrogen-bond acceptors (Lipinski definition) is 3. The summed E-state index contributed by atoms with van der Waals surface area (Å²) in [5.41, 5.74) is 3.18. The van der Waals surface area contributed by atoms with Crippen LogP contribution in [-0.4, -0.2) is 34.7 Å². The van der Waals surface area contributed by atoms with Gasteiger partial charge in [0, 0.05) is 24.8 Å². The zero-order valence-corrected chi connectivity index (χ0v) is 14.4. The fraction of sp³-hybridized carbons (Fsp3) is 0.444. The van der Waals surface area contributed by atoms with Crippen LogP contribution in [0.5, 0.6) is 0 Å². The number of benzene rings is 1. The van der Waals surface area contributed by atoms with Crippen molar-refractivity contribution in [1.82, 2.24) is 20.0 Å². The summed E-state index contributed by atoms with van der Waals surface area (Å²) in [5.74, 6) is 0.00698. The lowest BCUT2D eigenvalue weighted by Crippen LogP contribution is -2.37. The van der Waals surface area contributed by atoms with E-state index in [2.05, 4.69) is 17.3 Å². The Balaban J connectivity index is 2.05. The summed E-state index contributed by atoms with van der Waals surface area (Å²) in [4.78, 5) is 14.6. The topological polar surface area (TPSA) is 50.2 Å². The van der Waals surface area contributed by atoms with E-state index in [4.69, 9.17) is 0 Å². The van der Waals surface area contributed by atoms with Crippen LogP contribution >= 0.6 is 0 Å². The highest BCUT2D eigenvalue weighted by Crippen LogP contribution is 2.22. The van der Waals surface area contributed by atoms with Crippen molar-refractivity contribution in [1.29, 1.82) is 0 Å². The van der Waals surface area contributed by atoms with E-state index in [-0.39, 0.29) is 11.9 Å². The number of nitrogens with one attached hydrogen (secondary N) is 1. The number of aromatic nitrogens is 2. The average Bonchev–Trinajstić information content (AvgIpc) is 2.95. The lowest BCUT2D eigenvalue weighted by Gasteiger charge is -2.25. The molecule has 0 saturated heterocycles. The summed E-state index contributed by atoms with van der Waals surface area (Å²) >= 11 is 0. The van der Waals surface area contributed by atoms with Gasteiger partial charge in [-0.3, -0.25) is 14.4 Å². The van der Waals surface area contributed by atoms with Crippen molar-refractivity contribution in [3.8, 4) is 0 Å². The van der Waals surface area contributed by atoms with Gasteiger partial charge >= 0.3 is 0 Å². The molecule has 0 radical (unpaired) electrons. The Morgan fingerprint density at radius 1 is 1.35 bits per heavy atom. The Bertz CT molecular complexity index is 648. The number of nitrogens with zero attached hydrogens (tertiary/aromatic N) is 3. The maximum atomic E-state index is 12.7. The fourth-order valence-electron chi connectivity index (χ4n) is 2.68. The van der Waals surface area contributed by atoms with Gasteiger partial charge in [-0.15, -0.1) is 0 Å². The highest BCUT2D eigenvalue weighted by molar-refractivity contribution is 5.83. The van der Waals surface area contributed by atoms with Gasteiger partial charge < -0.3 is 5.32 Å². The van der Waals surface area contributed by atoms with Crippen LogP contribution in [0.4, 0.5) is 0 Å². The fourth-order valence-corrected chi connectivity index (χ4v) is 2.68. The van der Waals surface area contributed by atoms with Crippen molar-refractivity contribution in [3.05, 3.63) is 53.3 Å². The van der Waals surface area contributed by atoms with Crippen molar-refractivity contribution in [2.24, 2.45) is 0 Å². The van der Waals surface area contributed by atoms with Gasteiger partial charge in [-0.1, -0.05) is 31.2 Å². The van der Waals surface area contributed by atoms with Crippen LogP contribution in [0, 0.1) is 6.92 Å². The van der Waals surface area contributed by atoms with E-state index < -0.39 is 0 Å². The molecule has 1 amide bonds. The highest BCUT2D eigenvalue weighted by Gasteiger charge is 2.23. The number of carbonyl (C=O) groups is 1. The molecule has 5 nitrogen and oxygen atoms in total. The van der Waals surface area contributed by atoms with Crippen LogP contribution in [0.3, 0.4) is 0 Å². The Labute approximate surface area is 138 Å². The molecule has 5 heteroatoms. The molecule has 0 aliphatic rings. The number of hydrogen-bond donors (Lipinski definition) is 1. The highest BCUT2D eigenvalue weighted by atomic mass is 16.2. The number of rotatable bonds is 7. The summed E-state index contributed by atoms with van der Waals surface area (Å²) in [5, 5.41) is 7.32. The molecular formula is C18H26N4O. The monoisotopic (exact) mass is 314 g/mol. The van der Waals surface area contributed by atoms with Gasteiger partial charge in [-0.25, -0.2) is 0 Å². The summed E-state index contributed by atoms with van der Waals surface area (Å²) in [7, 11) is 3.85. The number of amides is 1. The maximum Gasteiger partial charge on any atom is 0.242 e. The SMILES string of the molecule is CCCn1cc(CNC(=O)[C@H](c2ccccc2C)N(C)C)cn1. The predicted molar refractivity (Wildman–Crippen MR) is 92.0 cm³/mol. The zero-order chi connectivity index (χ0) is 16.8. The van der Waals surface area contributed by atoms with Crippen LogP contribution < -0.4 is 5.32 Å². The third-order valence-electron chi connectivity index (χ3n) is 3.85. The molecule has 0 aliphatic carbocycles. The quantitative estimate of drug-likeness (QED) is 0.854. The maximum absolute atomic E-state index is 12.7. The van der Waals surface area contributed by atoms with Crippen LogP contribution in [0.1, 0.15) is 36.1 Å². The standard InChI is InChI=1S/C18H26N4O/c1-5-10-22-13-15(12-20-22)11-19-18(23)17(21(3)4)16-9-7-6-8-14(16)2/h6-9,12-13,17H,5,10-11H2,1-4H3,(H,19,23)/t17-/m0/s1. The molecule has 2 rings (SSSR count). The molecule has 1 heterocycles. The largest absolute Gasteiger partial charge is 0.350 e. The summed E-state index contributed by atoms with van der Waals surface area (Å²) < 4.78 is 1.91. The van der Waals surface area contributed by atoms with Crippen LogP contribution in [0.2, 0.25) is 0 Å². The van der Waals surface area contributed by atoms with Crippen molar-refractivity contribution in [3.63, 3.8) is 0 Å². The predicted octanol–water partition coefficient (Wildman–Crippen LogP) is 2.52. The Hall–Kier alpha value is -2.14. The zero-order valence-electron chi connectivity index (χ0n) is 14.4. The molecule has 1 N–H and O–H groups in total. The molecular weight excluding hydrogens is 288 g/mol. The minimum Gasteiger partial charge on any atom is -0.350 e. The lowest BCUT2D eigenvalue weighted by molar-refractivity contribution is -0.126. The molecule has 124 valence electrons. The first-order valence-electron chi connectivity index (χ1n) is 8.04. The van der Waals surface area contributed by atoms with Gasteiger partial charge in [0.2, 0.25) is 5.91 Å². The second-order valence-electron chi connectivity index (χ2n) is 6.05. The molecule has 1 aromatic carbocycles. The summed E-state index contributed by atoms with van der Waals surface area (Å²) in [6.07, 6.45) is 4.85. The first kappa shape index (κ1) is 17.2. The van der Waals surface area contributed by atoms with E-state index >= 15 is 0 Å². The Morgan fingerprint density at radius 3 is 2.74 bits per heavy atom. The second-order valence-corrected chi connectivity index (χ2v) is 6.05. The summed E-state index contributed by atoms with van der Waals surface area (Å²) in [6, 6.07) is 7.72. The van der Waals surface area contributed by atoms with Gasteiger partial charge in [0.15, 0.2) is 0 Å². The average molecular weight is 314 g/mol. The van der Waals surface area contributed by atoms with Gasteiger partial charge in [0.05, 0.1) is 6.20 Å². The van der Waals surface area contributed by atoms with Gasteiger partial charge in [-0.05, 0) is 38.6 Å². The molecule has 0 fully saturated rings. The van der Waals surface area contributed by atoms with Crippen molar-refractivity contribution in [2.75, 3.05) is 14.1 Å². The molecule has 23 heavy (non-hydrogen) atoms. The van der Waals surface area contributed by atoms with Crippen LogP contribution in [0.25, 0.3) is 0 Å². The third kappa shape index (κ3) is 4.42. The third-order valence-corrected chi connectivity index (χ3v) is 3.85. The molecule has 0 bridgehead atoms. The molecule has 0 unspecified atom stereocenters. The van der Waals surface area contributed by atoms with Crippen LogP contribution in [-0.2, 0) is 17.9 Å². The van der Waals surface area contributed by atoms with E-state index in [0.29, 0.717) is 6.54 Å². The van der Waals surface area contributed by atoms with Crippen LogP contribution in [0.15, 0.2) is 36.7 Å². The van der Waals surface area contributed by atoms with Gasteiger partial charge in [0.1, 0.15) is 6.04 Å². The normalized spacial score (nSPS) is 12.4. The Kier molecular flexibility index (Phi) is 5.93. The second kappa shape index (κ2) is 7.92. The van der Waals surface area contributed by atoms with Crippen molar-refractivity contribution in [2.45, 2.75) is 39.4 Å². The number of likely N-dealkylation sites (N-methyl/N-ethyl adjacent to an activating group) is 1. The van der Waals surface area contributed by atoms with E-state index in [0.717, 1.165) is 29.7 Å². The molecule has 2 aromatic rings. The first-order valence-corrected chi connectivity index (χ1v) is 8.04. The molecule has 1 aromatic heterocycles. The van der Waals surface area contributed by atoms with E-state index in [1.807, 2.05) is 67.3 Å². The minimum atomic E-state index is -0.290. The number of aryl methyl sites for hydroxylation is 2. The van der Waals surface area contributed by atoms with Crippen molar-refractivity contribution < 1.29 is 4.79 Å². The van der Waals surface area contributed by atoms with Gasteiger partial charge in [-0.2, -0.15) is 5.10 Å². The van der Waals surface area contributed by atoms with E-state index in [1.54, 1.807) is 0 Å². The Morgan fingerprint density at radius 2 is 2.09 bits per heavy atom. The smallest absolute Gasteiger partial charge is 0.242 e. The van der Waals surface area contributed by atoms with E-state index in [1.165, 1.54) is 0 Å². The summed E-state index contributed by atoms with van der Waals surface area (Å²) in [6.45, 7) is 5.55. The molecule has 0 aliphatic heterocycles. The van der Waals surface area contributed by atoms with E-state index in [9.17, 15) is 4.79 Å². The molecule has 1 atom stereocenters. The lowest BCUT2D eigenvalue weighted by atomic mass is 10.00. The number of carbonyl (C=O) groups excluding carboxylic acids is 1. The van der Waals surface area contributed by atoms with Crippen molar-refractivity contribution >= 4 is 5.91 Å². The first-order chi connectivity index (χ1) is 11.0. The minimum absolute atomic E-state index is 0.00698.